The van der Waals surface area contributed by atoms with Crippen LogP contribution in [0.5, 0.6) is 0 Å². The standard InChI is InChI=1S/C15H23O2S.Li/c1-12(2)6-5-7-13(3)8-9-15-14(4)10-11-18(15,16)17;/h6,8,10-11,15H,5,7,9H2,1-4H3;/q-1;+1/b13-8+;. The fourth-order valence-corrected chi connectivity index (χ4v) is 3.54. The molecule has 0 radical (unpaired) electrons. The Labute approximate surface area is 130 Å². The molecule has 0 spiro atoms. The molecule has 0 bridgehead atoms. The molecule has 0 fully saturated rings. The third-order valence-corrected chi connectivity index (χ3v) is 5.07. The van der Waals surface area contributed by atoms with E-state index < -0.39 is 9.84 Å². The Balaban J connectivity index is 0.00000324. The van der Waals surface area contributed by atoms with Gasteiger partial charge in [-0.3, -0.25) is 0 Å². The molecule has 1 rings (SSSR count). The van der Waals surface area contributed by atoms with Crippen molar-refractivity contribution in [3.8, 4) is 0 Å². The first-order valence-electron chi connectivity index (χ1n) is 6.37. The summed E-state index contributed by atoms with van der Waals surface area (Å²) < 4.78 is 23.5. The van der Waals surface area contributed by atoms with Crippen LogP contribution in [0.1, 0.15) is 47.0 Å². The second-order valence-electron chi connectivity index (χ2n) is 5.23. The van der Waals surface area contributed by atoms with Crippen molar-refractivity contribution in [3.63, 3.8) is 0 Å². The Morgan fingerprint density at radius 2 is 1.95 bits per heavy atom. The van der Waals surface area contributed by atoms with Crippen molar-refractivity contribution in [2.24, 2.45) is 0 Å². The van der Waals surface area contributed by atoms with E-state index in [4.69, 9.17) is 0 Å². The molecule has 2 nitrogen and oxygen atoms in total. The van der Waals surface area contributed by atoms with Crippen molar-refractivity contribution in [2.45, 2.75) is 52.2 Å². The first-order valence-corrected chi connectivity index (χ1v) is 7.98. The molecule has 1 aliphatic rings. The average molecular weight is 274 g/mol. The SMILES string of the molecule is CC(C)=CCC/C(C)=C/CC1C(C)=C[CH-]S1(=O)=O.[Li+]. The topological polar surface area (TPSA) is 34.1 Å². The maximum atomic E-state index is 11.7. The summed E-state index contributed by atoms with van der Waals surface area (Å²) in [6.07, 6.45) is 8.63. The van der Waals surface area contributed by atoms with Gasteiger partial charge >= 0.3 is 18.9 Å². The van der Waals surface area contributed by atoms with Crippen molar-refractivity contribution in [3.05, 3.63) is 40.7 Å². The molecule has 19 heavy (non-hydrogen) atoms. The van der Waals surface area contributed by atoms with Crippen LogP contribution in [0.4, 0.5) is 0 Å². The van der Waals surface area contributed by atoms with Gasteiger partial charge in [0.2, 0.25) is 0 Å². The number of sulfone groups is 1. The number of hydrogen-bond donors (Lipinski definition) is 0. The van der Waals surface area contributed by atoms with Crippen molar-refractivity contribution in [1.82, 2.24) is 0 Å². The monoisotopic (exact) mass is 274 g/mol. The van der Waals surface area contributed by atoms with Crippen molar-refractivity contribution in [2.75, 3.05) is 0 Å². The molecule has 0 aromatic heterocycles. The largest absolute Gasteiger partial charge is 1.00 e. The van der Waals surface area contributed by atoms with E-state index in [1.807, 2.05) is 6.92 Å². The number of hydrogen-bond acceptors (Lipinski definition) is 2. The number of allylic oxidation sites excluding steroid dienone is 4. The van der Waals surface area contributed by atoms with Gasteiger partial charge in [-0.1, -0.05) is 23.3 Å². The van der Waals surface area contributed by atoms with E-state index in [2.05, 4.69) is 32.9 Å². The minimum absolute atomic E-state index is 0. The Kier molecular flexibility index (Phi) is 7.89. The molecule has 4 heteroatoms. The van der Waals surface area contributed by atoms with Crippen LogP contribution in [0, 0.1) is 5.75 Å². The van der Waals surface area contributed by atoms with Crippen molar-refractivity contribution >= 4 is 9.84 Å². The summed E-state index contributed by atoms with van der Waals surface area (Å²) in [4.78, 5) is 0. The van der Waals surface area contributed by atoms with Crippen LogP contribution in [0.25, 0.3) is 0 Å². The van der Waals surface area contributed by atoms with Gasteiger partial charge in [-0.05, 0) is 40.0 Å². The van der Waals surface area contributed by atoms with Crippen LogP contribution in [-0.2, 0) is 9.84 Å². The van der Waals surface area contributed by atoms with E-state index in [-0.39, 0.29) is 24.1 Å². The van der Waals surface area contributed by atoms with E-state index in [0.717, 1.165) is 18.4 Å². The molecular formula is C15H23LiO2S. The molecular weight excluding hydrogens is 251 g/mol. The molecule has 0 aromatic rings. The maximum absolute atomic E-state index is 11.7. The van der Waals surface area contributed by atoms with E-state index >= 15 is 0 Å². The summed E-state index contributed by atoms with van der Waals surface area (Å²) in [6, 6.07) is 0. The van der Waals surface area contributed by atoms with Gasteiger partial charge in [-0.15, -0.1) is 12.7 Å². The quantitative estimate of drug-likeness (QED) is 0.425. The fourth-order valence-electron chi connectivity index (χ4n) is 1.98. The first-order chi connectivity index (χ1) is 8.33. The first kappa shape index (κ1) is 18.6. The fraction of sp³-hybridized carbons (Fsp3) is 0.533. The summed E-state index contributed by atoms with van der Waals surface area (Å²) >= 11 is 0. The molecule has 0 aliphatic carbocycles. The molecule has 102 valence electrons. The van der Waals surface area contributed by atoms with Crippen LogP contribution in [0.3, 0.4) is 0 Å². The van der Waals surface area contributed by atoms with Gasteiger partial charge < -0.3 is 0 Å². The molecule has 1 atom stereocenters. The normalized spacial score (nSPS) is 21.2. The molecule has 0 saturated heterocycles. The van der Waals surface area contributed by atoms with Crippen LogP contribution in [0.15, 0.2) is 34.9 Å². The summed E-state index contributed by atoms with van der Waals surface area (Å²) in [6.45, 7) is 8.14. The predicted octanol–water partition coefficient (Wildman–Crippen LogP) is 0.978. The molecule has 0 amide bonds. The third kappa shape index (κ3) is 6.08. The Bertz CT molecular complexity index is 480. The summed E-state index contributed by atoms with van der Waals surface area (Å²) in [5, 5.41) is -0.337. The minimum atomic E-state index is -3.04. The van der Waals surface area contributed by atoms with E-state index in [1.54, 1.807) is 6.08 Å². The predicted molar refractivity (Wildman–Crippen MR) is 77.8 cm³/mol. The van der Waals surface area contributed by atoms with Crippen LogP contribution in [0.2, 0.25) is 0 Å². The van der Waals surface area contributed by atoms with E-state index in [0.29, 0.717) is 6.42 Å². The summed E-state index contributed by atoms with van der Waals surface area (Å²) in [5.41, 5.74) is 3.54. The number of rotatable bonds is 5. The van der Waals surface area contributed by atoms with Crippen LogP contribution < -0.4 is 18.9 Å². The Hall–Kier alpha value is -0.363. The van der Waals surface area contributed by atoms with Gasteiger partial charge in [0.15, 0.2) is 0 Å². The summed E-state index contributed by atoms with van der Waals surface area (Å²) in [7, 11) is -3.04. The van der Waals surface area contributed by atoms with Gasteiger partial charge in [0.05, 0.1) is 9.84 Å². The van der Waals surface area contributed by atoms with Crippen LogP contribution in [-0.4, -0.2) is 13.7 Å². The second-order valence-corrected chi connectivity index (χ2v) is 7.25. The zero-order valence-electron chi connectivity index (χ0n) is 12.7. The molecule has 0 saturated carbocycles. The van der Waals surface area contributed by atoms with Gasteiger partial charge in [0.1, 0.15) is 0 Å². The van der Waals surface area contributed by atoms with Crippen molar-refractivity contribution in [1.29, 1.82) is 0 Å². The van der Waals surface area contributed by atoms with Gasteiger partial charge in [-0.25, -0.2) is 20.1 Å². The smallest absolute Gasteiger partial charge is 0.244 e. The zero-order chi connectivity index (χ0) is 13.8. The Morgan fingerprint density at radius 1 is 1.32 bits per heavy atom. The molecule has 1 aliphatic heterocycles. The average Bonchev–Trinajstić information content (AvgIpc) is 2.50. The van der Waals surface area contributed by atoms with Gasteiger partial charge in [0, 0.05) is 5.25 Å². The second kappa shape index (κ2) is 8.04. The van der Waals surface area contributed by atoms with E-state index in [1.165, 1.54) is 16.9 Å². The molecule has 1 heterocycles. The zero-order valence-corrected chi connectivity index (χ0v) is 13.5. The summed E-state index contributed by atoms with van der Waals surface area (Å²) in [5.74, 6) is 1.33. The third-order valence-electron chi connectivity index (χ3n) is 3.20. The minimum Gasteiger partial charge on any atom is -0.244 e. The molecule has 0 N–H and O–H groups in total. The molecule has 1 unspecified atom stereocenters. The van der Waals surface area contributed by atoms with Gasteiger partial charge in [-0.2, -0.15) is 0 Å². The molecule has 0 aromatic carbocycles. The maximum Gasteiger partial charge on any atom is 1.00 e. The van der Waals surface area contributed by atoms with E-state index in [9.17, 15) is 8.42 Å². The van der Waals surface area contributed by atoms with Crippen molar-refractivity contribution < 1.29 is 27.3 Å². The van der Waals surface area contributed by atoms with Gasteiger partial charge in [0.25, 0.3) is 0 Å². The van der Waals surface area contributed by atoms with Crippen LogP contribution >= 0.6 is 0 Å². The Morgan fingerprint density at radius 3 is 2.42 bits per heavy atom.